The molecule has 2 saturated heterocycles. The third kappa shape index (κ3) is 27.6. The highest BCUT2D eigenvalue weighted by Crippen LogP contribution is 2.46. The second kappa shape index (κ2) is 43.2. The maximum atomic E-state index is 12.5. The second-order valence-electron chi connectivity index (χ2n) is 24.5. The number of rotatable bonds is 39. The highest BCUT2D eigenvalue weighted by atomic mass is 32.1. The van der Waals surface area contributed by atoms with Crippen molar-refractivity contribution in [1.82, 2.24) is 0 Å². The monoisotopic (exact) mass is 1430 g/mol. The van der Waals surface area contributed by atoms with Crippen molar-refractivity contribution >= 4 is 93.1 Å². The summed E-state index contributed by atoms with van der Waals surface area (Å²) in [6.07, 6.45) is 12.9. The van der Waals surface area contributed by atoms with Gasteiger partial charge in [0.05, 0.1) is 9.75 Å². The van der Waals surface area contributed by atoms with E-state index in [0.717, 1.165) is 105 Å². The summed E-state index contributed by atoms with van der Waals surface area (Å²) in [5, 5.41) is 0. The van der Waals surface area contributed by atoms with Gasteiger partial charge in [-0.15, -0.1) is 45.3 Å². The molecule has 0 radical (unpaired) electrons. The van der Waals surface area contributed by atoms with E-state index in [1.165, 1.54) is 142 Å². The standard InChI is InChI=1S/C74H98O20S4/c1-11-13-15-17-19-21-23-25-27-29-33-55-43-57(35-31-41-83-73-69(91-53(9)81)67(89-51(7)79)65(87-49(5)77)59(93-73)45-85-47(3)75)95-71(55)63-39-37-61(97-63)62-38-40-64(98-62)72-56(34-30-28-26-24-22-20-18-16-14-12-2)44-58(96-72)36-32-42-84-74-70(92-54(10)82)68(90-52(8)80)66(88-50(6)78)60(94-74)46-86-48(4)76/h37-40,43-44,59-60,65-70,73-74H,11-30,33-34,41-42,45-46H2,1-10H3/t59-,60-,65-,66-,67+,68+,69+,70+,73+,74+/m0/s1. The molecule has 20 nitrogen and oxygen atoms in total. The number of carbonyl (C=O) groups is 8. The molecule has 0 aliphatic carbocycles. The van der Waals surface area contributed by atoms with E-state index in [-0.39, 0.29) is 26.4 Å². The molecule has 0 saturated carbocycles. The molecule has 6 rings (SSSR count). The molecule has 0 unspecified atom stereocenters. The van der Waals surface area contributed by atoms with Gasteiger partial charge in [0.15, 0.2) is 49.2 Å². The van der Waals surface area contributed by atoms with E-state index in [2.05, 4.69) is 73.9 Å². The van der Waals surface area contributed by atoms with Crippen LogP contribution in [0.25, 0.3) is 29.3 Å². The highest BCUT2D eigenvalue weighted by molar-refractivity contribution is 7.28. The molecule has 0 spiro atoms. The minimum Gasteiger partial charge on any atom is -0.463 e. The Balaban J connectivity index is 1.25. The van der Waals surface area contributed by atoms with Crippen molar-refractivity contribution in [1.29, 1.82) is 0 Å². The minimum atomic E-state index is -1.37. The van der Waals surface area contributed by atoms with Crippen LogP contribution in [0.1, 0.15) is 219 Å². The van der Waals surface area contributed by atoms with Crippen molar-refractivity contribution in [3.05, 3.63) is 57.3 Å². The summed E-state index contributed by atoms with van der Waals surface area (Å²) in [4.78, 5) is 107. The zero-order valence-corrected chi connectivity index (χ0v) is 61.7. The molecule has 98 heavy (non-hydrogen) atoms. The molecule has 0 N–H and O–H groups in total. The third-order valence-electron chi connectivity index (χ3n) is 16.1. The van der Waals surface area contributed by atoms with Crippen LogP contribution in [0.5, 0.6) is 0 Å². The van der Waals surface area contributed by atoms with Crippen molar-refractivity contribution in [3.8, 4) is 52.9 Å². The Morgan fingerprint density at radius 3 is 0.980 bits per heavy atom. The molecule has 0 aromatic carbocycles. The van der Waals surface area contributed by atoms with Gasteiger partial charge in [0.1, 0.15) is 38.6 Å². The van der Waals surface area contributed by atoms with Crippen molar-refractivity contribution < 1.29 is 95.2 Å². The second-order valence-corrected chi connectivity index (χ2v) is 28.8. The molecular weight excluding hydrogens is 1340 g/mol. The molecule has 0 bridgehead atoms. The Labute approximate surface area is 593 Å². The average Bonchev–Trinajstić information content (AvgIpc) is 1.04. The predicted octanol–water partition coefficient (Wildman–Crippen LogP) is 14.8. The molecule has 4 aromatic heterocycles. The van der Waals surface area contributed by atoms with Crippen molar-refractivity contribution in [2.45, 2.75) is 272 Å². The van der Waals surface area contributed by atoms with E-state index in [9.17, 15) is 38.4 Å². The Morgan fingerprint density at radius 1 is 0.367 bits per heavy atom. The van der Waals surface area contributed by atoms with Crippen LogP contribution in [-0.2, 0) is 108 Å². The number of hydrogen-bond donors (Lipinski definition) is 0. The van der Waals surface area contributed by atoms with E-state index >= 15 is 0 Å². The molecule has 538 valence electrons. The van der Waals surface area contributed by atoms with E-state index in [1.54, 1.807) is 45.3 Å². The number of esters is 8. The summed E-state index contributed by atoms with van der Waals surface area (Å²) < 4.78 is 68.4. The predicted molar refractivity (Wildman–Crippen MR) is 375 cm³/mol. The lowest BCUT2D eigenvalue weighted by Crippen LogP contribution is -2.63. The van der Waals surface area contributed by atoms with Gasteiger partial charge in [-0.05, 0) is 73.2 Å². The Hall–Kier alpha value is -6.48. The van der Waals surface area contributed by atoms with Gasteiger partial charge in [-0.3, -0.25) is 38.4 Å². The molecular formula is C74H98O20S4. The fraction of sp³-hybridized carbons (Fsp3) is 0.622. The summed E-state index contributed by atoms with van der Waals surface area (Å²) >= 11 is 6.66. The van der Waals surface area contributed by atoms with Crippen LogP contribution in [0.3, 0.4) is 0 Å². The lowest BCUT2D eigenvalue weighted by molar-refractivity contribution is -0.305. The molecule has 0 amide bonds. The number of aryl methyl sites for hydroxylation is 2. The fourth-order valence-corrected chi connectivity index (χ4v) is 16.3. The van der Waals surface area contributed by atoms with Crippen molar-refractivity contribution in [2.75, 3.05) is 26.4 Å². The molecule has 10 atom stereocenters. The number of thiophene rings is 4. The fourth-order valence-electron chi connectivity index (χ4n) is 11.7. The third-order valence-corrected chi connectivity index (χ3v) is 21.0. The topological polar surface area (TPSA) is 247 Å². The maximum absolute atomic E-state index is 12.5. The van der Waals surface area contributed by atoms with Gasteiger partial charge in [0.25, 0.3) is 0 Å². The van der Waals surface area contributed by atoms with Gasteiger partial charge in [0.2, 0.25) is 0 Å². The average molecular weight is 1440 g/mol. The van der Waals surface area contributed by atoms with Crippen molar-refractivity contribution in [3.63, 3.8) is 0 Å². The number of carbonyl (C=O) groups excluding carboxylic acids is 8. The van der Waals surface area contributed by atoms with E-state index in [0.29, 0.717) is 0 Å². The number of hydrogen-bond acceptors (Lipinski definition) is 24. The molecule has 4 aromatic rings. The normalized spacial score (nSPS) is 20.3. The Morgan fingerprint density at radius 2 is 0.663 bits per heavy atom. The van der Waals surface area contributed by atoms with Gasteiger partial charge >= 0.3 is 47.8 Å². The van der Waals surface area contributed by atoms with Crippen LogP contribution in [0.15, 0.2) is 36.4 Å². The lowest BCUT2D eigenvalue weighted by Gasteiger charge is -2.43. The van der Waals surface area contributed by atoms with Crippen LogP contribution < -0.4 is 0 Å². The van der Waals surface area contributed by atoms with Crippen LogP contribution in [0.2, 0.25) is 0 Å². The SMILES string of the molecule is CCCCCCCCCCCCc1cc(C#CCO[C@@H]2O[C@@H](COC(C)=O)[C@H](OC(C)=O)[C@@H](OC(C)=O)[C@H]2OC(C)=O)sc1-c1ccc(-c2ccc(-c3sc(C#CCO[C@@H]4O[C@@H](COC(C)=O)[C@H](OC(C)=O)[C@@H](OC(C)=O)[C@H]4OC(C)=O)cc3CCCCCCCCCCCC)s2)s1. The van der Waals surface area contributed by atoms with Gasteiger partial charge in [-0.2, -0.15) is 0 Å². The van der Waals surface area contributed by atoms with Gasteiger partial charge in [-0.1, -0.05) is 153 Å². The largest absolute Gasteiger partial charge is 0.463 e. The first-order valence-electron chi connectivity index (χ1n) is 34.4. The van der Waals surface area contributed by atoms with Gasteiger partial charge < -0.3 is 56.8 Å². The Kier molecular flexibility index (Phi) is 35.5. The smallest absolute Gasteiger partial charge is 0.303 e. The van der Waals surface area contributed by atoms with Crippen molar-refractivity contribution in [2.24, 2.45) is 0 Å². The van der Waals surface area contributed by atoms with E-state index in [4.69, 9.17) is 56.8 Å². The summed E-state index contributed by atoms with van der Waals surface area (Å²) in [6.45, 7) is 12.7. The molecule has 2 aliphatic rings. The van der Waals surface area contributed by atoms with Gasteiger partial charge in [-0.25, -0.2) is 0 Å². The summed E-state index contributed by atoms with van der Waals surface area (Å²) in [5.41, 5.74) is 2.40. The van der Waals surface area contributed by atoms with E-state index in [1.807, 2.05) is 0 Å². The first-order chi connectivity index (χ1) is 47.1. The van der Waals surface area contributed by atoms with Crippen LogP contribution in [-0.4, -0.2) is 136 Å². The highest BCUT2D eigenvalue weighted by Gasteiger charge is 2.54. The number of ether oxygens (including phenoxy) is 12. The zero-order valence-electron chi connectivity index (χ0n) is 58.4. The summed E-state index contributed by atoms with van der Waals surface area (Å²) in [6, 6.07) is 13.0. The maximum Gasteiger partial charge on any atom is 0.303 e. The van der Waals surface area contributed by atoms with Crippen LogP contribution in [0.4, 0.5) is 0 Å². The molecule has 2 fully saturated rings. The number of unbranched alkanes of at least 4 members (excludes halogenated alkanes) is 18. The Bertz CT molecular complexity index is 3120. The molecule has 2 aliphatic heterocycles. The summed E-state index contributed by atoms with van der Waals surface area (Å²) in [5.74, 6) is 7.09. The van der Waals surface area contributed by atoms with Crippen LogP contribution in [0, 0.1) is 23.7 Å². The molecule has 24 heteroatoms. The van der Waals surface area contributed by atoms with E-state index < -0.39 is 109 Å². The summed E-state index contributed by atoms with van der Waals surface area (Å²) in [7, 11) is 0. The lowest BCUT2D eigenvalue weighted by atomic mass is 9.98. The minimum absolute atomic E-state index is 0.203. The van der Waals surface area contributed by atoms with Crippen LogP contribution >= 0.6 is 45.3 Å². The van der Waals surface area contributed by atoms with Gasteiger partial charge in [0, 0.05) is 84.7 Å². The molecule has 6 heterocycles. The first-order valence-corrected chi connectivity index (χ1v) is 37.7. The quantitative estimate of drug-likeness (QED) is 0.0174. The zero-order chi connectivity index (χ0) is 70.9. The first kappa shape index (κ1) is 80.5.